The van der Waals surface area contributed by atoms with Gasteiger partial charge < -0.3 is 14.6 Å². The van der Waals surface area contributed by atoms with Crippen LogP contribution in [0.15, 0.2) is 24.3 Å². The molecule has 1 aromatic carbocycles. The zero-order valence-electron chi connectivity index (χ0n) is 11.7. The highest BCUT2D eigenvalue weighted by molar-refractivity contribution is 5.33. The summed E-state index contributed by atoms with van der Waals surface area (Å²) < 4.78 is 11.5. The zero-order chi connectivity index (χ0) is 13.5. The molecule has 0 amide bonds. The van der Waals surface area contributed by atoms with Gasteiger partial charge in [-0.05, 0) is 44.4 Å². The number of rotatable bonds is 3. The summed E-state index contributed by atoms with van der Waals surface area (Å²) in [6, 6.07) is 7.91. The van der Waals surface area contributed by atoms with Gasteiger partial charge in [-0.1, -0.05) is 12.1 Å². The van der Waals surface area contributed by atoms with Gasteiger partial charge in [-0.15, -0.1) is 0 Å². The molecule has 2 fully saturated rings. The Morgan fingerprint density at radius 3 is 2.79 bits per heavy atom. The molecule has 1 atom stereocenters. The Morgan fingerprint density at radius 2 is 2.11 bits per heavy atom. The van der Waals surface area contributed by atoms with Crippen LogP contribution in [0.1, 0.15) is 45.1 Å². The Balaban J connectivity index is 1.83. The van der Waals surface area contributed by atoms with E-state index in [1.54, 1.807) is 0 Å². The van der Waals surface area contributed by atoms with E-state index in [4.69, 9.17) is 9.47 Å². The lowest BCUT2D eigenvalue weighted by atomic mass is 9.79. The summed E-state index contributed by atoms with van der Waals surface area (Å²) >= 11 is 0. The molecule has 1 saturated carbocycles. The first-order chi connectivity index (χ1) is 8.97. The Labute approximate surface area is 114 Å². The van der Waals surface area contributed by atoms with Gasteiger partial charge in [-0.2, -0.15) is 0 Å². The van der Waals surface area contributed by atoms with E-state index >= 15 is 0 Å². The topological polar surface area (TPSA) is 38.7 Å². The molecule has 1 N–H and O–H groups in total. The molecule has 0 radical (unpaired) electrons. The van der Waals surface area contributed by atoms with E-state index in [1.165, 1.54) is 0 Å². The molecule has 1 aliphatic heterocycles. The minimum atomic E-state index is -0.801. The molecule has 1 unspecified atom stereocenters. The third kappa shape index (κ3) is 2.93. The van der Waals surface area contributed by atoms with Crippen LogP contribution in [0.3, 0.4) is 0 Å². The summed E-state index contributed by atoms with van der Waals surface area (Å²) in [5.74, 6) is 0.873. The van der Waals surface area contributed by atoms with E-state index in [1.807, 2.05) is 38.1 Å². The van der Waals surface area contributed by atoms with Crippen molar-refractivity contribution in [1.82, 2.24) is 0 Å². The average Bonchev–Trinajstić information content (AvgIpc) is 3.12. The molecule has 0 spiro atoms. The molecule has 3 nitrogen and oxygen atoms in total. The number of hydrogen-bond donors (Lipinski definition) is 1. The van der Waals surface area contributed by atoms with Crippen molar-refractivity contribution in [1.29, 1.82) is 0 Å². The van der Waals surface area contributed by atoms with E-state index in [-0.39, 0.29) is 5.60 Å². The Hall–Kier alpha value is -1.06. The minimum Gasteiger partial charge on any atom is -0.490 e. The predicted molar refractivity (Wildman–Crippen MR) is 73.3 cm³/mol. The van der Waals surface area contributed by atoms with Gasteiger partial charge in [-0.25, -0.2) is 0 Å². The maximum Gasteiger partial charge on any atom is 0.120 e. The standard InChI is InChI=1S/C16H22O3/c1-15(2)11-16(17,8-9-18-15)12-4-3-5-14(10-12)19-13-6-7-13/h3-5,10,13,17H,6-9,11H2,1-2H3. The Morgan fingerprint density at radius 1 is 1.32 bits per heavy atom. The van der Waals surface area contributed by atoms with Crippen LogP contribution < -0.4 is 4.74 Å². The van der Waals surface area contributed by atoms with Crippen molar-refractivity contribution in [2.45, 2.75) is 56.8 Å². The molecule has 104 valence electrons. The second-order valence-electron chi connectivity index (χ2n) is 6.41. The minimum absolute atomic E-state index is 0.277. The van der Waals surface area contributed by atoms with E-state index in [9.17, 15) is 5.11 Å². The molecule has 0 aromatic heterocycles. The molecule has 19 heavy (non-hydrogen) atoms. The van der Waals surface area contributed by atoms with E-state index in [2.05, 4.69) is 0 Å². The highest BCUT2D eigenvalue weighted by Gasteiger charge is 2.40. The molecule has 0 bridgehead atoms. The second kappa shape index (κ2) is 4.50. The number of hydrogen-bond acceptors (Lipinski definition) is 3. The molecule has 1 saturated heterocycles. The van der Waals surface area contributed by atoms with Gasteiger partial charge in [0.25, 0.3) is 0 Å². The third-order valence-corrected chi connectivity index (χ3v) is 3.93. The van der Waals surface area contributed by atoms with E-state index < -0.39 is 5.60 Å². The van der Waals surface area contributed by atoms with Crippen LogP contribution >= 0.6 is 0 Å². The van der Waals surface area contributed by atoms with Gasteiger partial charge in [0.2, 0.25) is 0 Å². The fourth-order valence-electron chi connectivity index (χ4n) is 2.82. The molecule has 1 aliphatic carbocycles. The number of ether oxygens (including phenoxy) is 2. The fraction of sp³-hybridized carbons (Fsp3) is 0.625. The Kier molecular flexibility index (Phi) is 3.06. The van der Waals surface area contributed by atoms with Gasteiger partial charge in [-0.3, -0.25) is 0 Å². The summed E-state index contributed by atoms with van der Waals surface area (Å²) in [4.78, 5) is 0. The van der Waals surface area contributed by atoms with Crippen LogP contribution in [0.25, 0.3) is 0 Å². The summed E-state index contributed by atoms with van der Waals surface area (Å²) in [5.41, 5.74) is -0.132. The first-order valence-corrected chi connectivity index (χ1v) is 7.10. The number of benzene rings is 1. The summed E-state index contributed by atoms with van der Waals surface area (Å²) in [5, 5.41) is 10.9. The summed E-state index contributed by atoms with van der Waals surface area (Å²) in [7, 11) is 0. The van der Waals surface area contributed by atoms with Gasteiger partial charge in [0, 0.05) is 12.8 Å². The van der Waals surface area contributed by atoms with Crippen molar-refractivity contribution < 1.29 is 14.6 Å². The van der Waals surface area contributed by atoms with Crippen LogP contribution in [0.4, 0.5) is 0 Å². The largest absolute Gasteiger partial charge is 0.490 e. The van der Waals surface area contributed by atoms with Crippen LogP contribution in [0.5, 0.6) is 5.75 Å². The SMILES string of the molecule is CC1(C)CC(O)(c2cccc(OC3CC3)c2)CCO1. The lowest BCUT2D eigenvalue weighted by molar-refractivity contribution is -0.148. The van der Waals surface area contributed by atoms with Gasteiger partial charge in [0.1, 0.15) is 5.75 Å². The summed E-state index contributed by atoms with van der Waals surface area (Å²) in [6.45, 7) is 4.65. The first-order valence-electron chi connectivity index (χ1n) is 7.10. The molecule has 2 aliphatic rings. The van der Waals surface area contributed by atoms with Gasteiger partial charge in [0.15, 0.2) is 0 Å². The Bertz CT molecular complexity index is 465. The molecule has 3 heteroatoms. The molecular weight excluding hydrogens is 240 g/mol. The maximum atomic E-state index is 10.9. The zero-order valence-corrected chi connectivity index (χ0v) is 11.7. The van der Waals surface area contributed by atoms with Crippen molar-refractivity contribution in [3.8, 4) is 5.75 Å². The van der Waals surface area contributed by atoms with Crippen LogP contribution in [0.2, 0.25) is 0 Å². The molecule has 3 rings (SSSR count). The normalized spacial score (nSPS) is 30.1. The van der Waals surface area contributed by atoms with Crippen LogP contribution in [-0.4, -0.2) is 23.4 Å². The second-order valence-corrected chi connectivity index (χ2v) is 6.41. The molecular formula is C16H22O3. The monoisotopic (exact) mass is 262 g/mol. The maximum absolute atomic E-state index is 10.9. The van der Waals surface area contributed by atoms with E-state index in [0.717, 1.165) is 24.2 Å². The third-order valence-electron chi connectivity index (χ3n) is 3.93. The fourth-order valence-corrected chi connectivity index (χ4v) is 2.82. The van der Waals surface area contributed by atoms with Crippen molar-refractivity contribution in [3.63, 3.8) is 0 Å². The predicted octanol–water partition coefficient (Wildman–Crippen LogP) is 3.00. The molecule has 1 aromatic rings. The summed E-state index contributed by atoms with van der Waals surface area (Å²) in [6.07, 6.45) is 3.94. The average molecular weight is 262 g/mol. The smallest absolute Gasteiger partial charge is 0.120 e. The van der Waals surface area contributed by atoms with Crippen LogP contribution in [0, 0.1) is 0 Å². The quantitative estimate of drug-likeness (QED) is 0.910. The van der Waals surface area contributed by atoms with Crippen LogP contribution in [-0.2, 0) is 10.3 Å². The lowest BCUT2D eigenvalue weighted by Crippen LogP contribution is -2.43. The molecule has 1 heterocycles. The van der Waals surface area contributed by atoms with Crippen molar-refractivity contribution in [2.75, 3.05) is 6.61 Å². The highest BCUT2D eigenvalue weighted by Crippen LogP contribution is 2.40. The van der Waals surface area contributed by atoms with Gasteiger partial charge >= 0.3 is 0 Å². The van der Waals surface area contributed by atoms with Crippen molar-refractivity contribution in [2.24, 2.45) is 0 Å². The highest BCUT2D eigenvalue weighted by atomic mass is 16.5. The van der Waals surface area contributed by atoms with Crippen molar-refractivity contribution in [3.05, 3.63) is 29.8 Å². The number of aliphatic hydroxyl groups is 1. The lowest BCUT2D eigenvalue weighted by Gasteiger charge is -2.41. The van der Waals surface area contributed by atoms with Crippen molar-refractivity contribution >= 4 is 0 Å². The van der Waals surface area contributed by atoms with Gasteiger partial charge in [0.05, 0.1) is 23.9 Å². The first kappa shape index (κ1) is 12.9. The van der Waals surface area contributed by atoms with E-state index in [0.29, 0.717) is 25.6 Å².